The molecule has 0 saturated carbocycles. The SMILES string of the molecule is Cc1nn(C)c(C)c1NC(=O)NCc1csc2c1CCCC2. The number of hydrogen-bond acceptors (Lipinski definition) is 3. The van der Waals surface area contributed by atoms with Gasteiger partial charge in [-0.2, -0.15) is 5.10 Å². The average Bonchev–Trinajstić information content (AvgIpc) is 3.02. The first-order valence-corrected chi connectivity index (χ1v) is 8.57. The molecule has 0 aliphatic heterocycles. The molecule has 2 heterocycles. The van der Waals surface area contributed by atoms with Crippen molar-refractivity contribution in [2.45, 2.75) is 46.1 Å². The van der Waals surface area contributed by atoms with Gasteiger partial charge >= 0.3 is 6.03 Å². The number of amides is 2. The molecule has 2 amide bonds. The summed E-state index contributed by atoms with van der Waals surface area (Å²) < 4.78 is 1.78. The smallest absolute Gasteiger partial charge is 0.319 e. The number of hydrogen-bond donors (Lipinski definition) is 2. The van der Waals surface area contributed by atoms with Crippen LogP contribution in [-0.4, -0.2) is 15.8 Å². The first kappa shape index (κ1) is 15.1. The molecule has 3 rings (SSSR count). The Labute approximate surface area is 134 Å². The van der Waals surface area contributed by atoms with E-state index in [1.165, 1.54) is 35.3 Å². The van der Waals surface area contributed by atoms with Crippen LogP contribution in [0.5, 0.6) is 0 Å². The molecule has 22 heavy (non-hydrogen) atoms. The maximum absolute atomic E-state index is 12.1. The van der Waals surface area contributed by atoms with Crippen molar-refractivity contribution in [2.75, 3.05) is 5.32 Å². The molecular weight excluding hydrogens is 296 g/mol. The summed E-state index contributed by atoms with van der Waals surface area (Å²) in [5.41, 5.74) is 5.33. The highest BCUT2D eigenvalue weighted by Gasteiger charge is 2.16. The number of urea groups is 1. The molecule has 2 aromatic heterocycles. The van der Waals surface area contributed by atoms with Crippen LogP contribution in [-0.2, 0) is 26.4 Å². The zero-order chi connectivity index (χ0) is 15.7. The van der Waals surface area contributed by atoms with Crippen molar-refractivity contribution >= 4 is 23.1 Å². The first-order valence-electron chi connectivity index (χ1n) is 7.69. The van der Waals surface area contributed by atoms with E-state index in [4.69, 9.17) is 0 Å². The highest BCUT2D eigenvalue weighted by Crippen LogP contribution is 2.30. The molecule has 1 aliphatic carbocycles. The number of rotatable bonds is 3. The van der Waals surface area contributed by atoms with Crippen molar-refractivity contribution in [1.82, 2.24) is 15.1 Å². The van der Waals surface area contributed by atoms with Gasteiger partial charge in [-0.3, -0.25) is 4.68 Å². The molecule has 0 aromatic carbocycles. The Bertz CT molecular complexity index is 701. The molecule has 0 fully saturated rings. The normalized spacial score (nSPS) is 13.8. The molecular formula is C16H22N4OS. The summed E-state index contributed by atoms with van der Waals surface area (Å²) in [6.07, 6.45) is 4.90. The van der Waals surface area contributed by atoms with Crippen LogP contribution in [0.4, 0.5) is 10.5 Å². The number of aryl methyl sites for hydroxylation is 3. The highest BCUT2D eigenvalue weighted by molar-refractivity contribution is 7.10. The number of nitrogens with zero attached hydrogens (tertiary/aromatic N) is 2. The Balaban J connectivity index is 1.62. The lowest BCUT2D eigenvalue weighted by Gasteiger charge is -2.13. The monoisotopic (exact) mass is 318 g/mol. The number of aromatic nitrogens is 2. The fraction of sp³-hybridized carbons (Fsp3) is 0.500. The predicted molar refractivity (Wildman–Crippen MR) is 89.5 cm³/mol. The fourth-order valence-electron chi connectivity index (χ4n) is 3.00. The van der Waals surface area contributed by atoms with Crippen LogP contribution in [0.3, 0.4) is 0 Å². The number of anilines is 1. The minimum atomic E-state index is -0.171. The molecule has 0 radical (unpaired) electrons. The van der Waals surface area contributed by atoms with E-state index in [9.17, 15) is 4.79 Å². The van der Waals surface area contributed by atoms with Crippen LogP contribution in [0.2, 0.25) is 0 Å². The maximum Gasteiger partial charge on any atom is 0.319 e. The molecule has 0 saturated heterocycles. The van der Waals surface area contributed by atoms with E-state index in [0.717, 1.165) is 23.5 Å². The summed E-state index contributed by atoms with van der Waals surface area (Å²) >= 11 is 1.83. The standard InChI is InChI=1S/C16H22N4OS/c1-10-15(11(2)20(3)19-10)18-16(21)17-8-12-9-22-14-7-5-4-6-13(12)14/h9H,4-8H2,1-3H3,(H2,17,18,21). The van der Waals surface area contributed by atoms with Gasteiger partial charge in [-0.25, -0.2) is 4.79 Å². The molecule has 5 nitrogen and oxygen atoms in total. The van der Waals surface area contributed by atoms with Crippen molar-refractivity contribution in [1.29, 1.82) is 0 Å². The Morgan fingerprint density at radius 1 is 1.36 bits per heavy atom. The third-order valence-electron chi connectivity index (χ3n) is 4.34. The average molecular weight is 318 g/mol. The third-order valence-corrected chi connectivity index (χ3v) is 5.47. The second-order valence-corrected chi connectivity index (χ2v) is 6.81. The van der Waals surface area contributed by atoms with Gasteiger partial charge in [-0.15, -0.1) is 11.3 Å². The van der Waals surface area contributed by atoms with Gasteiger partial charge < -0.3 is 10.6 Å². The van der Waals surface area contributed by atoms with Gasteiger partial charge in [0, 0.05) is 18.5 Å². The van der Waals surface area contributed by atoms with Gasteiger partial charge in [0.25, 0.3) is 0 Å². The fourth-order valence-corrected chi connectivity index (χ4v) is 4.14. The van der Waals surface area contributed by atoms with E-state index in [-0.39, 0.29) is 6.03 Å². The van der Waals surface area contributed by atoms with Gasteiger partial charge in [-0.1, -0.05) is 0 Å². The van der Waals surface area contributed by atoms with Crippen molar-refractivity contribution < 1.29 is 4.79 Å². The molecule has 0 spiro atoms. The highest BCUT2D eigenvalue weighted by atomic mass is 32.1. The van der Waals surface area contributed by atoms with Crippen LogP contribution in [0.1, 0.15) is 40.2 Å². The van der Waals surface area contributed by atoms with E-state index >= 15 is 0 Å². The van der Waals surface area contributed by atoms with Gasteiger partial charge in [0.15, 0.2) is 0 Å². The lowest BCUT2D eigenvalue weighted by molar-refractivity contribution is 0.251. The van der Waals surface area contributed by atoms with E-state index in [0.29, 0.717) is 6.54 Å². The van der Waals surface area contributed by atoms with Crippen LogP contribution in [0.25, 0.3) is 0 Å². The number of nitrogens with one attached hydrogen (secondary N) is 2. The second kappa shape index (κ2) is 6.12. The number of fused-ring (bicyclic) bond motifs is 1. The minimum Gasteiger partial charge on any atom is -0.334 e. The summed E-state index contributed by atoms with van der Waals surface area (Å²) in [4.78, 5) is 13.6. The molecule has 2 aromatic rings. The summed E-state index contributed by atoms with van der Waals surface area (Å²) in [6, 6.07) is -0.171. The van der Waals surface area contributed by atoms with Gasteiger partial charge in [0.2, 0.25) is 0 Å². The van der Waals surface area contributed by atoms with E-state index in [1.807, 2.05) is 32.2 Å². The Kier molecular flexibility index (Phi) is 4.20. The molecule has 118 valence electrons. The minimum absolute atomic E-state index is 0.171. The van der Waals surface area contributed by atoms with Crippen LogP contribution in [0.15, 0.2) is 5.38 Å². The maximum atomic E-state index is 12.1. The first-order chi connectivity index (χ1) is 10.6. The molecule has 2 N–H and O–H groups in total. The Morgan fingerprint density at radius 2 is 2.14 bits per heavy atom. The summed E-state index contributed by atoms with van der Waals surface area (Å²) in [6.45, 7) is 4.44. The summed E-state index contributed by atoms with van der Waals surface area (Å²) in [5.74, 6) is 0. The van der Waals surface area contributed by atoms with Crippen LogP contribution >= 0.6 is 11.3 Å². The van der Waals surface area contributed by atoms with Gasteiger partial charge in [0.1, 0.15) is 0 Å². The molecule has 0 bridgehead atoms. The van der Waals surface area contributed by atoms with Crippen LogP contribution in [0, 0.1) is 13.8 Å². The Morgan fingerprint density at radius 3 is 2.86 bits per heavy atom. The van der Waals surface area contributed by atoms with Crippen molar-refractivity contribution in [3.63, 3.8) is 0 Å². The number of carbonyl (C=O) groups is 1. The van der Waals surface area contributed by atoms with Crippen LogP contribution < -0.4 is 10.6 Å². The second-order valence-electron chi connectivity index (χ2n) is 5.85. The quantitative estimate of drug-likeness (QED) is 0.912. The van der Waals surface area contributed by atoms with Gasteiger partial charge in [0.05, 0.1) is 17.1 Å². The number of thiophene rings is 1. The lowest BCUT2D eigenvalue weighted by atomic mass is 9.96. The zero-order valence-corrected chi connectivity index (χ0v) is 14.1. The van der Waals surface area contributed by atoms with E-state index in [1.54, 1.807) is 4.68 Å². The largest absolute Gasteiger partial charge is 0.334 e. The number of carbonyl (C=O) groups excluding carboxylic acids is 1. The summed E-state index contributed by atoms with van der Waals surface area (Å²) in [7, 11) is 1.88. The topological polar surface area (TPSA) is 59.0 Å². The van der Waals surface area contributed by atoms with Crippen molar-refractivity contribution in [3.05, 3.63) is 32.8 Å². The Hall–Kier alpha value is -1.82. The lowest BCUT2D eigenvalue weighted by Crippen LogP contribution is -2.29. The molecule has 6 heteroatoms. The zero-order valence-electron chi connectivity index (χ0n) is 13.3. The van der Waals surface area contributed by atoms with E-state index < -0.39 is 0 Å². The predicted octanol–water partition coefficient (Wildman–Crippen LogP) is 3.30. The van der Waals surface area contributed by atoms with Crippen molar-refractivity contribution in [2.24, 2.45) is 7.05 Å². The van der Waals surface area contributed by atoms with E-state index in [2.05, 4.69) is 21.1 Å². The summed E-state index contributed by atoms with van der Waals surface area (Å²) in [5, 5.41) is 12.4. The third kappa shape index (κ3) is 2.88. The molecule has 0 atom stereocenters. The molecule has 1 aliphatic rings. The molecule has 0 unspecified atom stereocenters. The van der Waals surface area contributed by atoms with Gasteiger partial charge in [-0.05, 0) is 56.0 Å². The van der Waals surface area contributed by atoms with Crippen molar-refractivity contribution in [3.8, 4) is 0 Å².